The molecule has 33 heavy (non-hydrogen) atoms. The van der Waals surface area contributed by atoms with E-state index in [2.05, 4.69) is 0 Å². The summed E-state index contributed by atoms with van der Waals surface area (Å²) in [5, 5.41) is 0.439. The van der Waals surface area contributed by atoms with Gasteiger partial charge in [-0.1, -0.05) is 41.4 Å². The zero-order chi connectivity index (χ0) is 23.8. The molecule has 0 aromatic heterocycles. The molecule has 3 aromatic carbocycles. The lowest BCUT2D eigenvalue weighted by molar-refractivity contribution is -0.122. The van der Waals surface area contributed by atoms with Crippen LogP contribution in [0.1, 0.15) is 17.5 Å². The van der Waals surface area contributed by atoms with Crippen LogP contribution in [0.5, 0.6) is 0 Å². The molecule has 0 radical (unpaired) electrons. The summed E-state index contributed by atoms with van der Waals surface area (Å²) in [4.78, 5) is 26.9. The lowest BCUT2D eigenvalue weighted by atomic mass is 10.1. The average molecular weight is 487 g/mol. The number of carbonyl (C=O) groups is 2. The van der Waals surface area contributed by atoms with Crippen molar-refractivity contribution in [1.29, 1.82) is 0 Å². The Bertz CT molecular complexity index is 1290. The van der Waals surface area contributed by atoms with Crippen LogP contribution in [0.25, 0.3) is 0 Å². The molecular weight excluding hydrogens is 467 g/mol. The lowest BCUT2D eigenvalue weighted by Crippen LogP contribution is -2.45. The number of benzene rings is 3. The minimum Gasteiger partial charge on any atom is -0.274 e. The van der Waals surface area contributed by atoms with E-state index in [1.807, 2.05) is 19.1 Å². The van der Waals surface area contributed by atoms with Crippen molar-refractivity contribution in [3.05, 3.63) is 94.8 Å². The molecule has 0 N–H and O–H groups in total. The monoisotopic (exact) mass is 486 g/mol. The van der Waals surface area contributed by atoms with Gasteiger partial charge < -0.3 is 0 Å². The van der Waals surface area contributed by atoms with Crippen LogP contribution >= 0.6 is 11.6 Å². The molecule has 170 valence electrons. The van der Waals surface area contributed by atoms with Gasteiger partial charge >= 0.3 is 0 Å². The quantitative estimate of drug-likeness (QED) is 0.486. The highest BCUT2D eigenvalue weighted by molar-refractivity contribution is 7.89. The van der Waals surface area contributed by atoms with Crippen LogP contribution in [0.15, 0.2) is 77.7 Å². The Balaban J connectivity index is 1.74. The molecule has 0 saturated carbocycles. The van der Waals surface area contributed by atoms with Crippen molar-refractivity contribution < 1.29 is 22.4 Å². The van der Waals surface area contributed by atoms with Crippen molar-refractivity contribution in [1.82, 2.24) is 4.31 Å². The highest BCUT2D eigenvalue weighted by Crippen LogP contribution is 2.31. The molecular formula is C24H20ClFN2O4S. The maximum Gasteiger partial charge on any atom is 0.252 e. The Morgan fingerprint density at radius 3 is 2.18 bits per heavy atom. The molecule has 1 unspecified atom stereocenters. The Hall–Kier alpha value is -3.07. The van der Waals surface area contributed by atoms with E-state index < -0.39 is 33.7 Å². The van der Waals surface area contributed by atoms with Gasteiger partial charge in [-0.2, -0.15) is 4.31 Å². The fraction of sp³-hybridized carbons (Fsp3) is 0.167. The number of hydrogen-bond donors (Lipinski definition) is 0. The molecule has 1 atom stereocenters. The van der Waals surface area contributed by atoms with Gasteiger partial charge in [-0.15, -0.1) is 0 Å². The minimum atomic E-state index is -4.23. The Labute approximate surface area is 196 Å². The Morgan fingerprint density at radius 1 is 0.970 bits per heavy atom. The van der Waals surface area contributed by atoms with E-state index in [0.717, 1.165) is 39.0 Å². The summed E-state index contributed by atoms with van der Waals surface area (Å²) >= 11 is 5.91. The minimum absolute atomic E-state index is 0.127. The highest BCUT2D eigenvalue weighted by atomic mass is 35.5. The van der Waals surface area contributed by atoms with Crippen molar-refractivity contribution in [2.45, 2.75) is 30.8 Å². The second-order valence-corrected chi connectivity index (χ2v) is 10.1. The van der Waals surface area contributed by atoms with Crippen molar-refractivity contribution in [3.8, 4) is 0 Å². The molecule has 1 aliphatic rings. The standard InChI is InChI=1S/C24H20ClFN2O4S/c1-16-2-4-17(5-3-16)15-27(33(31,32)21-12-8-19(26)9-13-21)22-14-23(29)28(24(22)30)20-10-6-18(25)7-11-20/h2-13,22H,14-15H2,1H3. The van der Waals surface area contributed by atoms with Gasteiger partial charge in [0.25, 0.3) is 5.91 Å². The van der Waals surface area contributed by atoms with E-state index >= 15 is 0 Å². The van der Waals surface area contributed by atoms with Crippen molar-refractivity contribution in [2.75, 3.05) is 4.90 Å². The second-order valence-electron chi connectivity index (χ2n) is 7.75. The van der Waals surface area contributed by atoms with E-state index in [9.17, 15) is 22.4 Å². The number of hydrogen-bond acceptors (Lipinski definition) is 4. The summed E-state index contributed by atoms with van der Waals surface area (Å²) in [7, 11) is -4.23. The van der Waals surface area contributed by atoms with E-state index in [-0.39, 0.29) is 17.9 Å². The first kappa shape index (κ1) is 23.1. The smallest absolute Gasteiger partial charge is 0.252 e. The third-order valence-electron chi connectivity index (χ3n) is 5.43. The molecule has 1 heterocycles. The van der Waals surface area contributed by atoms with Crippen molar-refractivity contribution >= 4 is 39.1 Å². The predicted octanol–water partition coefficient (Wildman–Crippen LogP) is 4.31. The van der Waals surface area contributed by atoms with Gasteiger partial charge in [0.15, 0.2) is 0 Å². The third kappa shape index (κ3) is 4.68. The molecule has 4 rings (SSSR count). The van der Waals surface area contributed by atoms with Crippen LogP contribution in [-0.2, 0) is 26.2 Å². The zero-order valence-corrected chi connectivity index (χ0v) is 19.2. The number of carbonyl (C=O) groups excluding carboxylic acids is 2. The fourth-order valence-corrected chi connectivity index (χ4v) is 5.38. The number of halogens is 2. The van der Waals surface area contributed by atoms with Crippen LogP contribution in [0.4, 0.5) is 10.1 Å². The van der Waals surface area contributed by atoms with Crippen LogP contribution in [-0.4, -0.2) is 30.6 Å². The van der Waals surface area contributed by atoms with E-state index in [1.54, 1.807) is 24.3 Å². The second kappa shape index (κ2) is 9.05. The molecule has 0 spiro atoms. The number of aryl methyl sites for hydroxylation is 1. The third-order valence-corrected chi connectivity index (χ3v) is 7.56. The Kier molecular flexibility index (Phi) is 6.34. The molecule has 1 aliphatic heterocycles. The molecule has 0 bridgehead atoms. The lowest BCUT2D eigenvalue weighted by Gasteiger charge is -2.27. The molecule has 0 aliphatic carbocycles. The van der Waals surface area contributed by atoms with Crippen LogP contribution in [0, 0.1) is 12.7 Å². The van der Waals surface area contributed by atoms with Gasteiger partial charge in [0, 0.05) is 11.6 Å². The average Bonchev–Trinajstić information content (AvgIpc) is 3.07. The summed E-state index contributed by atoms with van der Waals surface area (Å²) in [6.07, 6.45) is -0.312. The normalized spacial score (nSPS) is 16.6. The number of imide groups is 1. The van der Waals surface area contributed by atoms with E-state index in [1.165, 1.54) is 12.1 Å². The SMILES string of the molecule is Cc1ccc(CN(C2CC(=O)N(c3ccc(Cl)cc3)C2=O)S(=O)(=O)c2ccc(F)cc2)cc1. The van der Waals surface area contributed by atoms with Crippen molar-refractivity contribution in [2.24, 2.45) is 0 Å². The van der Waals surface area contributed by atoms with Crippen molar-refractivity contribution in [3.63, 3.8) is 0 Å². The molecule has 1 saturated heterocycles. The topological polar surface area (TPSA) is 74.8 Å². The van der Waals surface area contributed by atoms with Gasteiger partial charge in [0.1, 0.15) is 11.9 Å². The number of nitrogens with zero attached hydrogens (tertiary/aromatic N) is 2. The highest BCUT2D eigenvalue weighted by Gasteiger charge is 2.47. The van der Waals surface area contributed by atoms with Crippen LogP contribution < -0.4 is 4.90 Å². The summed E-state index contributed by atoms with van der Waals surface area (Å²) in [6.45, 7) is 1.78. The first-order valence-corrected chi connectivity index (χ1v) is 11.9. The number of anilines is 1. The zero-order valence-electron chi connectivity index (χ0n) is 17.6. The van der Waals surface area contributed by atoms with Gasteiger partial charge in [-0.05, 0) is 61.0 Å². The summed E-state index contributed by atoms with van der Waals surface area (Å²) in [5.41, 5.74) is 1.95. The molecule has 2 amide bonds. The predicted molar refractivity (Wildman–Crippen MR) is 123 cm³/mol. The van der Waals surface area contributed by atoms with Crippen LogP contribution in [0.2, 0.25) is 5.02 Å². The maximum absolute atomic E-state index is 13.5. The van der Waals surface area contributed by atoms with E-state index in [0.29, 0.717) is 16.3 Å². The van der Waals surface area contributed by atoms with Gasteiger partial charge in [-0.3, -0.25) is 9.59 Å². The molecule has 6 nitrogen and oxygen atoms in total. The summed E-state index contributed by atoms with van der Waals surface area (Å²) in [6, 6.07) is 16.5. The van der Waals surface area contributed by atoms with Gasteiger partial charge in [0.2, 0.25) is 15.9 Å². The molecule has 1 fully saturated rings. The maximum atomic E-state index is 13.5. The molecule has 9 heteroatoms. The van der Waals surface area contributed by atoms with E-state index in [4.69, 9.17) is 11.6 Å². The van der Waals surface area contributed by atoms with Gasteiger partial charge in [-0.25, -0.2) is 17.7 Å². The Morgan fingerprint density at radius 2 is 1.58 bits per heavy atom. The molecule has 3 aromatic rings. The largest absolute Gasteiger partial charge is 0.274 e. The summed E-state index contributed by atoms with van der Waals surface area (Å²) < 4.78 is 41.5. The first-order chi connectivity index (χ1) is 15.7. The first-order valence-electron chi connectivity index (χ1n) is 10.1. The van der Waals surface area contributed by atoms with Crippen LogP contribution in [0.3, 0.4) is 0 Å². The number of rotatable bonds is 6. The van der Waals surface area contributed by atoms with Gasteiger partial charge in [0.05, 0.1) is 17.0 Å². The summed E-state index contributed by atoms with van der Waals surface area (Å²) in [5.74, 6) is -1.75. The number of sulfonamides is 1. The fourth-order valence-electron chi connectivity index (χ4n) is 3.68. The number of amides is 2.